The van der Waals surface area contributed by atoms with Crippen LogP contribution in [0.5, 0.6) is 28.7 Å². The quantitative estimate of drug-likeness (QED) is 0.104. The van der Waals surface area contributed by atoms with Crippen molar-refractivity contribution in [3.05, 3.63) is 100 Å². The third-order valence-corrected chi connectivity index (χ3v) is 8.02. The van der Waals surface area contributed by atoms with Gasteiger partial charge in [-0.25, -0.2) is 9.59 Å². The van der Waals surface area contributed by atoms with Gasteiger partial charge in [0.25, 0.3) is 5.56 Å². The summed E-state index contributed by atoms with van der Waals surface area (Å²) in [6.07, 6.45) is -0.666. The van der Waals surface area contributed by atoms with Crippen LogP contribution in [0.1, 0.15) is 41.6 Å². The summed E-state index contributed by atoms with van der Waals surface area (Å²) in [7, 11) is 7.00. The molecule has 1 amide bonds. The predicted octanol–water partition coefficient (Wildman–Crippen LogP) is 7.09. The molecule has 13 heteroatoms. The normalized spacial score (nSPS) is 11.0. The van der Waals surface area contributed by atoms with Crippen molar-refractivity contribution in [1.82, 2.24) is 4.57 Å². The molecule has 0 spiro atoms. The molecule has 0 aliphatic carbocycles. The number of pyridine rings is 1. The SMILES string of the molecule is COC(=O)c1c(-c2cc(OC)c(OC)c(OC)c2)c2cc(OC)c(OCC(=O)c3ccccc3)cc2c(=O)n1-c1ccc(NC(=O)OC(C)(C)C)cc1. The smallest absolute Gasteiger partial charge is 0.412 e. The molecule has 0 bridgehead atoms. The van der Waals surface area contributed by atoms with Crippen LogP contribution >= 0.6 is 0 Å². The summed E-state index contributed by atoms with van der Waals surface area (Å²) in [4.78, 5) is 54.0. The number of carbonyl (C=O) groups is 3. The van der Waals surface area contributed by atoms with Gasteiger partial charge in [-0.3, -0.25) is 19.5 Å². The van der Waals surface area contributed by atoms with E-state index in [4.69, 9.17) is 33.2 Å². The summed E-state index contributed by atoms with van der Waals surface area (Å²) in [6, 6.07) is 21.2. The second-order valence-corrected chi connectivity index (χ2v) is 12.6. The van der Waals surface area contributed by atoms with Gasteiger partial charge in [-0.15, -0.1) is 0 Å². The van der Waals surface area contributed by atoms with E-state index in [-0.39, 0.29) is 57.7 Å². The zero-order valence-corrected chi connectivity index (χ0v) is 30.7. The van der Waals surface area contributed by atoms with Crippen molar-refractivity contribution in [2.24, 2.45) is 0 Å². The molecule has 13 nitrogen and oxygen atoms in total. The van der Waals surface area contributed by atoms with Gasteiger partial charge in [0.2, 0.25) is 5.75 Å². The Morgan fingerprint density at radius 3 is 1.87 bits per heavy atom. The molecular formula is C40H40N2O11. The van der Waals surface area contributed by atoms with E-state index in [1.807, 2.05) is 0 Å². The van der Waals surface area contributed by atoms with Crippen LogP contribution in [0, 0.1) is 0 Å². The topological polar surface area (TPSA) is 150 Å². The van der Waals surface area contributed by atoms with E-state index in [9.17, 15) is 19.2 Å². The lowest BCUT2D eigenvalue weighted by atomic mass is 9.95. The zero-order chi connectivity index (χ0) is 38.4. The molecule has 1 N–H and O–H groups in total. The number of hydrogen-bond donors (Lipinski definition) is 1. The molecule has 0 radical (unpaired) electrons. The average Bonchev–Trinajstić information content (AvgIpc) is 3.15. The molecule has 1 aromatic heterocycles. The Morgan fingerprint density at radius 1 is 0.717 bits per heavy atom. The number of amides is 1. The van der Waals surface area contributed by atoms with Gasteiger partial charge in [-0.2, -0.15) is 0 Å². The van der Waals surface area contributed by atoms with Crippen molar-refractivity contribution >= 4 is 34.3 Å². The summed E-state index contributed by atoms with van der Waals surface area (Å²) in [5.74, 6) is 0.0605. The fourth-order valence-electron chi connectivity index (χ4n) is 5.70. The summed E-state index contributed by atoms with van der Waals surface area (Å²) < 4.78 is 40.3. The third kappa shape index (κ3) is 8.04. The molecule has 0 aliphatic rings. The van der Waals surface area contributed by atoms with E-state index >= 15 is 0 Å². The number of anilines is 1. The number of hydrogen-bond acceptors (Lipinski definition) is 11. The van der Waals surface area contributed by atoms with Crippen LogP contribution in [0.3, 0.4) is 0 Å². The van der Waals surface area contributed by atoms with Crippen molar-refractivity contribution < 1.29 is 47.5 Å². The Kier molecular flexibility index (Phi) is 11.3. The van der Waals surface area contributed by atoms with Crippen LogP contribution in [-0.4, -0.2) is 70.2 Å². The van der Waals surface area contributed by atoms with Crippen molar-refractivity contribution in [3.63, 3.8) is 0 Å². The van der Waals surface area contributed by atoms with Crippen LogP contribution in [0.15, 0.2) is 83.7 Å². The molecule has 53 heavy (non-hydrogen) atoms. The number of nitrogens with one attached hydrogen (secondary N) is 1. The molecule has 5 rings (SSSR count). The van der Waals surface area contributed by atoms with E-state index in [2.05, 4.69) is 5.32 Å². The number of carbonyl (C=O) groups excluding carboxylic acids is 3. The first-order chi connectivity index (χ1) is 25.3. The van der Waals surface area contributed by atoms with Crippen molar-refractivity contribution in [2.45, 2.75) is 26.4 Å². The number of Topliss-reactive ketones (excluding diaryl/α,β-unsaturated/α-hetero) is 1. The highest BCUT2D eigenvalue weighted by Gasteiger charge is 2.29. The number of ketones is 1. The summed E-state index contributed by atoms with van der Waals surface area (Å²) in [5, 5.41) is 3.07. The van der Waals surface area contributed by atoms with Gasteiger partial charge >= 0.3 is 12.1 Å². The standard InChI is InChI=1S/C40H40N2O11/c1-40(2,3)53-39(46)41-25-14-16-26(17-15-25)42-35(38(45)51-8)34(24-18-32(48-5)36(50-7)33(19-24)49-6)27-20-30(47-4)31(21-28(27)37(42)44)52-22-29(43)23-12-10-9-11-13-23/h9-21H,22H2,1-8H3,(H,41,46). The second-order valence-electron chi connectivity index (χ2n) is 12.6. The van der Waals surface area contributed by atoms with E-state index in [0.29, 0.717) is 28.0 Å². The maximum atomic E-state index is 14.7. The maximum absolute atomic E-state index is 14.7. The van der Waals surface area contributed by atoms with Crippen LogP contribution in [0.25, 0.3) is 27.6 Å². The first kappa shape index (κ1) is 37.7. The highest BCUT2D eigenvalue weighted by Crippen LogP contribution is 2.45. The van der Waals surface area contributed by atoms with Gasteiger partial charge in [0, 0.05) is 27.9 Å². The highest BCUT2D eigenvalue weighted by atomic mass is 16.6. The number of fused-ring (bicyclic) bond motifs is 1. The maximum Gasteiger partial charge on any atom is 0.412 e. The molecule has 0 atom stereocenters. The van der Waals surface area contributed by atoms with E-state index < -0.39 is 23.2 Å². The summed E-state index contributed by atoms with van der Waals surface area (Å²) in [5.41, 5.74) is 0.271. The number of methoxy groups -OCH3 is 5. The van der Waals surface area contributed by atoms with Gasteiger partial charge in [0.1, 0.15) is 11.3 Å². The monoisotopic (exact) mass is 724 g/mol. The minimum atomic E-state index is -0.837. The molecular weight excluding hydrogens is 684 g/mol. The number of esters is 1. The lowest BCUT2D eigenvalue weighted by Crippen LogP contribution is -2.28. The molecule has 5 aromatic rings. The summed E-state index contributed by atoms with van der Waals surface area (Å²) >= 11 is 0. The number of rotatable bonds is 12. The number of benzene rings is 4. The number of aromatic nitrogens is 1. The van der Waals surface area contributed by atoms with Gasteiger partial charge in [-0.1, -0.05) is 30.3 Å². The fraction of sp³-hybridized carbons (Fsp3) is 0.250. The average molecular weight is 725 g/mol. The van der Waals surface area contributed by atoms with Crippen molar-refractivity contribution in [1.29, 1.82) is 0 Å². The number of nitrogens with zero attached hydrogens (tertiary/aromatic N) is 1. The van der Waals surface area contributed by atoms with Gasteiger partial charge < -0.3 is 33.2 Å². The summed E-state index contributed by atoms with van der Waals surface area (Å²) in [6.45, 7) is 4.89. The zero-order valence-electron chi connectivity index (χ0n) is 30.7. The van der Waals surface area contributed by atoms with Crippen molar-refractivity contribution in [3.8, 4) is 45.6 Å². The molecule has 4 aromatic carbocycles. The Morgan fingerprint density at radius 2 is 1.32 bits per heavy atom. The first-order valence-electron chi connectivity index (χ1n) is 16.3. The Bertz CT molecular complexity index is 2200. The molecule has 0 saturated heterocycles. The molecule has 1 heterocycles. The fourth-order valence-corrected chi connectivity index (χ4v) is 5.70. The Balaban J connectivity index is 1.79. The van der Waals surface area contributed by atoms with Crippen LogP contribution in [0.4, 0.5) is 10.5 Å². The minimum absolute atomic E-state index is 0.111. The van der Waals surface area contributed by atoms with Gasteiger partial charge in [0.15, 0.2) is 35.4 Å². The van der Waals surface area contributed by atoms with E-state index in [1.54, 1.807) is 93.6 Å². The highest BCUT2D eigenvalue weighted by molar-refractivity contribution is 6.08. The Hall–Kier alpha value is -6.50. The van der Waals surface area contributed by atoms with Gasteiger partial charge in [0.05, 0.1) is 40.9 Å². The predicted molar refractivity (Wildman–Crippen MR) is 199 cm³/mol. The van der Waals surface area contributed by atoms with Crippen molar-refractivity contribution in [2.75, 3.05) is 47.5 Å². The Labute approximate surface area is 305 Å². The molecule has 0 saturated carbocycles. The number of ether oxygens (including phenoxy) is 7. The van der Waals surface area contributed by atoms with Crippen LogP contribution in [-0.2, 0) is 9.47 Å². The molecule has 276 valence electrons. The lowest BCUT2D eigenvalue weighted by Gasteiger charge is -2.22. The van der Waals surface area contributed by atoms with Crippen LogP contribution in [0.2, 0.25) is 0 Å². The molecule has 0 aliphatic heterocycles. The largest absolute Gasteiger partial charge is 0.493 e. The first-order valence-corrected chi connectivity index (χ1v) is 16.3. The van der Waals surface area contributed by atoms with E-state index in [0.717, 1.165) is 0 Å². The second kappa shape index (κ2) is 15.8. The van der Waals surface area contributed by atoms with Gasteiger partial charge in [-0.05, 0) is 74.9 Å². The lowest BCUT2D eigenvalue weighted by molar-refractivity contribution is 0.0589. The van der Waals surface area contributed by atoms with Crippen LogP contribution < -0.4 is 34.6 Å². The third-order valence-electron chi connectivity index (χ3n) is 8.02. The minimum Gasteiger partial charge on any atom is -0.493 e. The molecule has 0 fully saturated rings. The van der Waals surface area contributed by atoms with E-state index in [1.165, 1.54) is 46.2 Å². The molecule has 0 unspecified atom stereocenters.